The molecule has 8 heteroatoms. The molecule has 1 N–H and O–H groups in total. The standard InChI is InChI=1S/C13H8BrF2N3OS/c14-7-5-10-11(17-6-7)19(13(21)18-10)8-1-3-9(4-2-8)20-12(15)16/h1-6,12H,(H,18,21). The van der Waals surface area contributed by atoms with Crippen molar-refractivity contribution in [2.45, 2.75) is 6.61 Å². The molecule has 0 bridgehead atoms. The molecule has 0 saturated carbocycles. The third-order valence-corrected chi connectivity index (χ3v) is 3.53. The highest BCUT2D eigenvalue weighted by molar-refractivity contribution is 9.10. The van der Waals surface area contributed by atoms with Crippen LogP contribution in [-0.4, -0.2) is 21.1 Å². The van der Waals surface area contributed by atoms with Gasteiger partial charge < -0.3 is 9.72 Å². The van der Waals surface area contributed by atoms with Crippen LogP contribution in [0.5, 0.6) is 5.75 Å². The average molecular weight is 372 g/mol. The second-order valence-electron chi connectivity index (χ2n) is 4.16. The summed E-state index contributed by atoms with van der Waals surface area (Å²) >= 11 is 8.62. The molecule has 4 nitrogen and oxygen atoms in total. The number of hydrogen-bond donors (Lipinski definition) is 1. The number of ether oxygens (including phenoxy) is 1. The van der Waals surface area contributed by atoms with Crippen LogP contribution in [0.2, 0.25) is 0 Å². The van der Waals surface area contributed by atoms with E-state index >= 15 is 0 Å². The number of hydrogen-bond acceptors (Lipinski definition) is 3. The van der Waals surface area contributed by atoms with Crippen LogP contribution in [0.15, 0.2) is 41.0 Å². The molecule has 21 heavy (non-hydrogen) atoms. The van der Waals surface area contributed by atoms with Crippen molar-refractivity contribution in [3.63, 3.8) is 0 Å². The number of halogens is 3. The fraction of sp³-hybridized carbons (Fsp3) is 0.0769. The van der Waals surface area contributed by atoms with E-state index < -0.39 is 6.61 Å². The van der Waals surface area contributed by atoms with E-state index in [9.17, 15) is 8.78 Å². The number of fused-ring (bicyclic) bond motifs is 1. The van der Waals surface area contributed by atoms with Gasteiger partial charge >= 0.3 is 6.61 Å². The first-order chi connectivity index (χ1) is 10.0. The fourth-order valence-corrected chi connectivity index (χ4v) is 2.62. The third-order valence-electron chi connectivity index (χ3n) is 2.81. The van der Waals surface area contributed by atoms with Gasteiger partial charge in [0.1, 0.15) is 5.75 Å². The molecule has 0 unspecified atom stereocenters. The van der Waals surface area contributed by atoms with E-state index in [0.717, 1.165) is 9.99 Å². The molecule has 0 aliphatic heterocycles. The Balaban J connectivity index is 2.08. The number of aromatic amines is 1. The lowest BCUT2D eigenvalue weighted by atomic mass is 10.3. The number of alkyl halides is 2. The maximum absolute atomic E-state index is 12.1. The maximum atomic E-state index is 12.1. The van der Waals surface area contributed by atoms with Gasteiger partial charge in [-0.25, -0.2) is 4.98 Å². The van der Waals surface area contributed by atoms with Gasteiger partial charge in [0, 0.05) is 10.7 Å². The van der Waals surface area contributed by atoms with Gasteiger partial charge in [-0.05, 0) is 58.5 Å². The van der Waals surface area contributed by atoms with Crippen molar-refractivity contribution < 1.29 is 13.5 Å². The number of H-pyrrole nitrogens is 1. The number of nitrogens with zero attached hydrogens (tertiary/aromatic N) is 2. The molecule has 2 aromatic heterocycles. The number of nitrogens with one attached hydrogen (secondary N) is 1. The van der Waals surface area contributed by atoms with Crippen molar-refractivity contribution in [2.75, 3.05) is 0 Å². The van der Waals surface area contributed by atoms with E-state index in [0.29, 0.717) is 16.1 Å². The van der Waals surface area contributed by atoms with Crippen LogP contribution < -0.4 is 4.74 Å². The molecule has 0 aliphatic rings. The summed E-state index contributed by atoms with van der Waals surface area (Å²) in [6.07, 6.45) is 1.66. The van der Waals surface area contributed by atoms with Gasteiger partial charge in [-0.2, -0.15) is 8.78 Å². The second kappa shape index (κ2) is 5.53. The Labute approximate surface area is 131 Å². The predicted molar refractivity (Wildman–Crippen MR) is 80.6 cm³/mol. The monoisotopic (exact) mass is 371 g/mol. The van der Waals surface area contributed by atoms with Crippen LogP contribution in [0.3, 0.4) is 0 Å². The summed E-state index contributed by atoms with van der Waals surface area (Å²) in [6, 6.07) is 8.07. The molecule has 2 heterocycles. The lowest BCUT2D eigenvalue weighted by Gasteiger charge is -2.07. The molecule has 0 saturated heterocycles. The molecule has 108 valence electrons. The molecule has 3 aromatic rings. The Morgan fingerprint density at radius 1 is 1.29 bits per heavy atom. The van der Waals surface area contributed by atoms with E-state index in [1.807, 2.05) is 6.07 Å². The predicted octanol–water partition coefficient (Wildman–Crippen LogP) is 4.45. The average Bonchev–Trinajstić information content (AvgIpc) is 2.74. The number of pyridine rings is 1. The highest BCUT2D eigenvalue weighted by atomic mass is 79.9. The second-order valence-corrected chi connectivity index (χ2v) is 5.47. The van der Waals surface area contributed by atoms with Gasteiger partial charge in [-0.15, -0.1) is 0 Å². The van der Waals surface area contributed by atoms with Crippen molar-refractivity contribution in [3.8, 4) is 11.4 Å². The van der Waals surface area contributed by atoms with Crippen molar-refractivity contribution in [1.29, 1.82) is 0 Å². The SMILES string of the molecule is FC(F)Oc1ccc(-n2c(=S)[nH]c3cc(Br)cnc32)cc1. The van der Waals surface area contributed by atoms with Crippen LogP contribution in [0.25, 0.3) is 16.9 Å². The smallest absolute Gasteiger partial charge is 0.387 e. The molecule has 0 aliphatic carbocycles. The van der Waals surface area contributed by atoms with Crippen LogP contribution in [0.1, 0.15) is 0 Å². The zero-order chi connectivity index (χ0) is 15.0. The van der Waals surface area contributed by atoms with Crippen molar-refractivity contribution in [1.82, 2.24) is 14.5 Å². The molecule has 1 aromatic carbocycles. The minimum absolute atomic E-state index is 0.0933. The Bertz CT molecular complexity index is 845. The van der Waals surface area contributed by atoms with Gasteiger partial charge in [0.15, 0.2) is 10.4 Å². The first kappa shape index (κ1) is 14.2. The third kappa shape index (κ3) is 2.81. The zero-order valence-electron chi connectivity index (χ0n) is 10.4. The minimum atomic E-state index is -2.84. The van der Waals surface area contributed by atoms with E-state index in [-0.39, 0.29) is 5.75 Å². The fourth-order valence-electron chi connectivity index (χ4n) is 1.99. The van der Waals surface area contributed by atoms with Crippen molar-refractivity contribution in [2.24, 2.45) is 0 Å². The summed E-state index contributed by atoms with van der Waals surface area (Å²) in [5, 5.41) is 0. The zero-order valence-corrected chi connectivity index (χ0v) is 12.8. The van der Waals surface area contributed by atoms with E-state index in [1.54, 1.807) is 22.9 Å². The van der Waals surface area contributed by atoms with Crippen LogP contribution in [0.4, 0.5) is 8.78 Å². The summed E-state index contributed by atoms with van der Waals surface area (Å²) in [5.74, 6) is 0.0933. The molecular weight excluding hydrogens is 364 g/mol. The molecule has 0 atom stereocenters. The van der Waals surface area contributed by atoms with Crippen LogP contribution in [0, 0.1) is 4.77 Å². The lowest BCUT2D eigenvalue weighted by molar-refractivity contribution is -0.0498. The van der Waals surface area contributed by atoms with Crippen molar-refractivity contribution >= 4 is 39.3 Å². The first-order valence-electron chi connectivity index (χ1n) is 5.86. The normalized spacial score (nSPS) is 11.2. The highest BCUT2D eigenvalue weighted by Crippen LogP contribution is 2.23. The number of imidazole rings is 1. The van der Waals surface area contributed by atoms with Gasteiger partial charge in [0.2, 0.25) is 0 Å². The van der Waals surface area contributed by atoms with Crippen LogP contribution in [-0.2, 0) is 0 Å². The highest BCUT2D eigenvalue weighted by Gasteiger charge is 2.09. The number of benzene rings is 1. The Morgan fingerprint density at radius 2 is 2.00 bits per heavy atom. The Kier molecular flexibility index (Phi) is 3.73. The molecule has 3 rings (SSSR count). The van der Waals surface area contributed by atoms with E-state index in [2.05, 4.69) is 30.6 Å². The van der Waals surface area contributed by atoms with Crippen LogP contribution >= 0.6 is 28.1 Å². The largest absolute Gasteiger partial charge is 0.435 e. The maximum Gasteiger partial charge on any atom is 0.387 e. The van der Waals surface area contributed by atoms with Gasteiger partial charge in [0.05, 0.1) is 11.2 Å². The number of aromatic nitrogens is 3. The summed E-state index contributed by atoms with van der Waals surface area (Å²) in [4.78, 5) is 7.36. The molecule has 0 radical (unpaired) electrons. The topological polar surface area (TPSA) is 42.8 Å². The molecular formula is C13H8BrF2N3OS. The summed E-state index contributed by atoms with van der Waals surface area (Å²) in [6.45, 7) is -2.84. The van der Waals surface area contributed by atoms with Crippen molar-refractivity contribution in [3.05, 3.63) is 45.8 Å². The summed E-state index contributed by atoms with van der Waals surface area (Å²) in [5.41, 5.74) is 2.15. The van der Waals surface area contributed by atoms with E-state index in [4.69, 9.17) is 12.2 Å². The lowest BCUT2D eigenvalue weighted by Crippen LogP contribution is -2.02. The Hall–Kier alpha value is -1.80. The first-order valence-corrected chi connectivity index (χ1v) is 7.06. The minimum Gasteiger partial charge on any atom is -0.435 e. The molecule has 0 amide bonds. The summed E-state index contributed by atoms with van der Waals surface area (Å²) in [7, 11) is 0. The quantitative estimate of drug-likeness (QED) is 0.691. The van der Waals surface area contributed by atoms with Gasteiger partial charge in [-0.3, -0.25) is 4.57 Å². The Morgan fingerprint density at radius 3 is 2.67 bits per heavy atom. The van der Waals surface area contributed by atoms with Gasteiger partial charge in [-0.1, -0.05) is 0 Å². The molecule has 0 fully saturated rings. The summed E-state index contributed by atoms with van der Waals surface area (Å²) < 4.78 is 31.6. The van der Waals surface area contributed by atoms with Gasteiger partial charge in [0.25, 0.3) is 0 Å². The molecule has 0 spiro atoms. The van der Waals surface area contributed by atoms with E-state index in [1.165, 1.54) is 12.1 Å². The number of rotatable bonds is 3.